The molecule has 278 valence electrons. The third-order valence-electron chi connectivity index (χ3n) is 12.5. The average molecular weight is 765 g/mol. The van der Waals surface area contributed by atoms with Gasteiger partial charge in [0.1, 0.15) is 11.3 Å². The molecule has 0 radical (unpaired) electrons. The molecular weight excluding hydrogens is 725 g/mol. The van der Waals surface area contributed by atoms with Crippen molar-refractivity contribution >= 4 is 77.7 Å². The highest BCUT2D eigenvalue weighted by molar-refractivity contribution is 7.19. The summed E-state index contributed by atoms with van der Waals surface area (Å²) in [5, 5.41) is 5.13. The van der Waals surface area contributed by atoms with E-state index in [-0.39, 0.29) is 0 Å². The third kappa shape index (κ3) is 5.39. The number of hydrogen-bond donors (Lipinski definition) is 0. The highest BCUT2D eigenvalue weighted by Gasteiger charge is 2.24. The third-order valence-corrected chi connectivity index (χ3v) is 13.7. The van der Waals surface area contributed by atoms with Crippen LogP contribution in [-0.2, 0) is 12.8 Å². The predicted octanol–water partition coefficient (Wildman–Crippen LogP) is 15.1. The normalized spacial score (nSPS) is 15.1. The number of fused-ring (bicyclic) bond motifs is 9. The van der Waals surface area contributed by atoms with Crippen molar-refractivity contribution in [1.82, 2.24) is 4.57 Å². The zero-order valence-electron chi connectivity index (χ0n) is 32.1. The standard InChI is InChI=1S/C54H40N2OS/c1-2-11-38(12-3-1)56-48-17-7-4-13-43(48)44-31-30-41(34-49(44)56)55(39-26-21-35(22-27-39)37-25-32-53-47(33-37)45-14-6-9-20-52(45)58-53)40-28-23-36(24-29-40)42-16-10-19-51-54(42)46-15-5-8-18-50(46)57-51/h1-7,9-17,19-21,23-24,26,28-31,33-34H,8,18,22,25,27,32H2. The van der Waals surface area contributed by atoms with Gasteiger partial charge in [0.15, 0.2) is 0 Å². The van der Waals surface area contributed by atoms with E-state index in [1.54, 1.807) is 0 Å². The van der Waals surface area contributed by atoms with E-state index in [0.29, 0.717) is 0 Å². The van der Waals surface area contributed by atoms with E-state index in [9.17, 15) is 0 Å². The van der Waals surface area contributed by atoms with Gasteiger partial charge in [0.25, 0.3) is 0 Å². The zero-order chi connectivity index (χ0) is 38.2. The number of allylic oxidation sites excluding steroid dienone is 6. The monoisotopic (exact) mass is 764 g/mol. The molecule has 0 spiro atoms. The van der Waals surface area contributed by atoms with Gasteiger partial charge in [0, 0.05) is 60.5 Å². The fraction of sp³-hybridized carbons (Fsp3) is 0.111. The Morgan fingerprint density at radius 1 is 0.586 bits per heavy atom. The van der Waals surface area contributed by atoms with Gasteiger partial charge in [-0.2, -0.15) is 0 Å². The van der Waals surface area contributed by atoms with Crippen LogP contribution in [0.15, 0.2) is 179 Å². The van der Waals surface area contributed by atoms with Gasteiger partial charge < -0.3 is 13.9 Å². The molecule has 0 aliphatic heterocycles. The number of para-hydroxylation sites is 2. The summed E-state index contributed by atoms with van der Waals surface area (Å²) in [6, 6.07) is 51.1. The van der Waals surface area contributed by atoms with Gasteiger partial charge in [-0.15, -0.1) is 11.3 Å². The highest BCUT2D eigenvalue weighted by Crippen LogP contribution is 2.44. The second-order valence-electron chi connectivity index (χ2n) is 15.8. The second-order valence-corrected chi connectivity index (χ2v) is 16.9. The molecule has 0 atom stereocenters. The summed E-state index contributed by atoms with van der Waals surface area (Å²) in [7, 11) is 0. The minimum atomic E-state index is 0.953. The maximum Gasteiger partial charge on any atom is 0.135 e. The molecule has 6 aromatic carbocycles. The molecule has 9 aromatic rings. The summed E-state index contributed by atoms with van der Waals surface area (Å²) in [4.78, 5) is 4.02. The molecule has 4 heteroatoms. The Morgan fingerprint density at radius 3 is 2.26 bits per heavy atom. The Morgan fingerprint density at radius 2 is 1.38 bits per heavy atom. The van der Waals surface area contributed by atoms with Crippen LogP contribution in [0.2, 0.25) is 0 Å². The summed E-state index contributed by atoms with van der Waals surface area (Å²) in [6.45, 7) is 0. The number of aromatic nitrogens is 1. The quantitative estimate of drug-likeness (QED) is 0.168. The number of aryl methyl sites for hydroxylation is 2. The summed E-state index contributed by atoms with van der Waals surface area (Å²) in [5.74, 6) is 1.10. The lowest BCUT2D eigenvalue weighted by atomic mass is 9.87. The van der Waals surface area contributed by atoms with Crippen LogP contribution in [0.1, 0.15) is 47.4 Å². The number of furan rings is 1. The van der Waals surface area contributed by atoms with E-state index >= 15 is 0 Å². The summed E-state index contributed by atoms with van der Waals surface area (Å²) in [5.41, 5.74) is 16.2. The van der Waals surface area contributed by atoms with E-state index in [4.69, 9.17) is 4.42 Å². The number of anilines is 2. The molecule has 3 aliphatic carbocycles. The molecule has 3 aromatic heterocycles. The van der Waals surface area contributed by atoms with Crippen LogP contribution in [0.3, 0.4) is 0 Å². The van der Waals surface area contributed by atoms with Gasteiger partial charge in [0.2, 0.25) is 0 Å². The molecule has 3 nitrogen and oxygen atoms in total. The zero-order valence-corrected chi connectivity index (χ0v) is 32.9. The Labute approximate surface area is 341 Å². The van der Waals surface area contributed by atoms with Crippen molar-refractivity contribution in [3.05, 3.63) is 196 Å². The first-order chi connectivity index (χ1) is 28.7. The van der Waals surface area contributed by atoms with Crippen LogP contribution in [0.5, 0.6) is 0 Å². The molecule has 0 bridgehead atoms. The lowest BCUT2D eigenvalue weighted by Gasteiger charge is -2.31. The number of thiophene rings is 1. The van der Waals surface area contributed by atoms with Crippen LogP contribution >= 0.6 is 11.3 Å². The largest absolute Gasteiger partial charge is 0.460 e. The Hall–Kier alpha value is -6.62. The molecule has 0 fully saturated rings. The Bertz CT molecular complexity index is 3220. The molecule has 0 saturated carbocycles. The van der Waals surface area contributed by atoms with Crippen molar-refractivity contribution in [2.24, 2.45) is 0 Å². The van der Waals surface area contributed by atoms with Crippen LogP contribution < -0.4 is 4.90 Å². The maximum absolute atomic E-state index is 6.36. The fourth-order valence-corrected chi connectivity index (χ4v) is 10.9. The van der Waals surface area contributed by atoms with E-state index in [1.165, 1.54) is 86.9 Å². The van der Waals surface area contributed by atoms with Crippen molar-refractivity contribution in [3.8, 4) is 16.8 Å². The van der Waals surface area contributed by atoms with Gasteiger partial charge in [-0.25, -0.2) is 0 Å². The lowest BCUT2D eigenvalue weighted by molar-refractivity contribution is 0.546. The maximum atomic E-state index is 6.36. The smallest absolute Gasteiger partial charge is 0.135 e. The van der Waals surface area contributed by atoms with Crippen LogP contribution in [0.25, 0.3) is 71.8 Å². The lowest BCUT2D eigenvalue weighted by Crippen LogP contribution is -2.18. The first-order valence-electron chi connectivity index (χ1n) is 20.6. The fourth-order valence-electron chi connectivity index (χ4n) is 9.75. The van der Waals surface area contributed by atoms with E-state index in [2.05, 4.69) is 179 Å². The summed E-state index contributed by atoms with van der Waals surface area (Å²) in [6.07, 6.45) is 18.0. The molecule has 0 N–H and O–H groups in total. The molecule has 0 unspecified atom stereocenters. The first-order valence-corrected chi connectivity index (χ1v) is 21.4. The molecule has 3 aliphatic rings. The second kappa shape index (κ2) is 13.5. The molecule has 12 rings (SSSR count). The number of nitrogens with zero attached hydrogens (tertiary/aromatic N) is 2. The molecule has 58 heavy (non-hydrogen) atoms. The minimum absolute atomic E-state index is 0.953. The van der Waals surface area contributed by atoms with Crippen LogP contribution in [0.4, 0.5) is 11.4 Å². The molecule has 0 amide bonds. The predicted molar refractivity (Wildman–Crippen MR) is 245 cm³/mol. The van der Waals surface area contributed by atoms with E-state index < -0.39 is 0 Å². The Balaban J connectivity index is 0.990. The van der Waals surface area contributed by atoms with Gasteiger partial charge in [-0.05, 0) is 132 Å². The molecular formula is C54H40N2OS. The summed E-state index contributed by atoms with van der Waals surface area (Å²) < 4.78 is 10.2. The van der Waals surface area contributed by atoms with Crippen molar-refractivity contribution in [1.29, 1.82) is 0 Å². The summed E-state index contributed by atoms with van der Waals surface area (Å²) >= 11 is 1.96. The number of benzene rings is 6. The number of hydrogen-bond acceptors (Lipinski definition) is 3. The topological polar surface area (TPSA) is 21.3 Å². The molecule has 0 saturated heterocycles. The first kappa shape index (κ1) is 33.5. The van der Waals surface area contributed by atoms with Crippen molar-refractivity contribution in [2.75, 3.05) is 4.90 Å². The van der Waals surface area contributed by atoms with Crippen LogP contribution in [0, 0.1) is 0 Å². The Kier molecular flexibility index (Phi) is 7.80. The number of rotatable bonds is 6. The minimum Gasteiger partial charge on any atom is -0.460 e. The van der Waals surface area contributed by atoms with E-state index in [0.717, 1.165) is 61.2 Å². The average Bonchev–Trinajstić information content (AvgIpc) is 3.96. The van der Waals surface area contributed by atoms with Gasteiger partial charge in [0.05, 0.1) is 11.0 Å². The van der Waals surface area contributed by atoms with Crippen LogP contribution in [-0.4, -0.2) is 4.57 Å². The SMILES string of the molecule is C1=Cc2c(oc3cccc(-c4ccc(N(C5=CC=C(C6=Cc7c(sc8ccccc78)CC6)CC5)c5ccc6c7ccccc7n(-c7ccccc7)c6c5)cc4)c23)CC1. The van der Waals surface area contributed by atoms with Crippen molar-refractivity contribution in [2.45, 2.75) is 38.5 Å². The van der Waals surface area contributed by atoms with Gasteiger partial charge in [-0.3, -0.25) is 0 Å². The van der Waals surface area contributed by atoms with Crippen molar-refractivity contribution in [3.63, 3.8) is 0 Å². The van der Waals surface area contributed by atoms with E-state index in [1.807, 2.05) is 11.3 Å². The van der Waals surface area contributed by atoms with Gasteiger partial charge >= 0.3 is 0 Å². The van der Waals surface area contributed by atoms with Crippen molar-refractivity contribution < 1.29 is 4.42 Å². The molecule has 3 heterocycles. The van der Waals surface area contributed by atoms with Gasteiger partial charge in [-0.1, -0.05) is 103 Å². The highest BCUT2D eigenvalue weighted by atomic mass is 32.1.